The molecule has 4 heterocycles. The zero-order valence-electron chi connectivity index (χ0n) is 26.4. The highest BCUT2D eigenvalue weighted by atomic mass is 16.6. The van der Waals surface area contributed by atoms with Gasteiger partial charge in [0.2, 0.25) is 0 Å². The smallest absolute Gasteiger partial charge is 0.410 e. The number of ether oxygens (including phenoxy) is 3. The van der Waals surface area contributed by atoms with Crippen LogP contribution < -0.4 is 19.9 Å². The second kappa shape index (κ2) is 14.2. The molecule has 7 rings (SSSR count). The van der Waals surface area contributed by atoms with Gasteiger partial charge >= 0.3 is 12.1 Å². The van der Waals surface area contributed by atoms with Crippen LogP contribution in [0.3, 0.4) is 0 Å². The minimum absolute atomic E-state index is 0.0597. The van der Waals surface area contributed by atoms with E-state index in [1.54, 1.807) is 4.90 Å². The van der Waals surface area contributed by atoms with E-state index in [4.69, 9.17) is 24.2 Å². The molecule has 3 aliphatic heterocycles. The van der Waals surface area contributed by atoms with E-state index in [-0.39, 0.29) is 25.1 Å². The molecule has 1 amide bonds. The van der Waals surface area contributed by atoms with Gasteiger partial charge in [0, 0.05) is 49.4 Å². The lowest BCUT2D eigenvalue weighted by Gasteiger charge is -2.42. The number of carbonyl (C=O) groups excluding carboxylic acids is 1. The quantitative estimate of drug-likeness (QED) is 0.301. The molecule has 2 fully saturated rings. The van der Waals surface area contributed by atoms with Crippen molar-refractivity contribution in [1.82, 2.24) is 20.2 Å². The minimum atomic E-state index is -0.407. The van der Waals surface area contributed by atoms with Crippen molar-refractivity contribution in [3.8, 4) is 12.1 Å². The van der Waals surface area contributed by atoms with Crippen molar-refractivity contribution in [3.05, 3.63) is 89.6 Å². The molecule has 3 aliphatic rings. The lowest BCUT2D eigenvalue weighted by molar-refractivity contribution is 0.0576. The summed E-state index contributed by atoms with van der Waals surface area (Å²) >= 11 is 0. The zero-order valence-corrected chi connectivity index (χ0v) is 26.4. The first-order chi connectivity index (χ1) is 23.2. The molecule has 47 heavy (non-hydrogen) atoms. The first kappa shape index (κ1) is 30.7. The summed E-state index contributed by atoms with van der Waals surface area (Å²) in [7, 11) is 0. The first-order valence-corrected chi connectivity index (χ1v) is 16.3. The molecule has 1 aromatic heterocycles. The molecule has 0 radical (unpaired) electrons. The molecule has 1 N–H and O–H groups in total. The highest BCUT2D eigenvalue weighted by Crippen LogP contribution is 2.35. The molecule has 2 atom stereocenters. The van der Waals surface area contributed by atoms with E-state index >= 15 is 0 Å². The van der Waals surface area contributed by atoms with Crippen molar-refractivity contribution in [2.75, 3.05) is 62.3 Å². The van der Waals surface area contributed by atoms with E-state index in [0.29, 0.717) is 52.0 Å². The number of hydrogen-bond acceptors (Lipinski definition) is 10. The van der Waals surface area contributed by atoms with Crippen LogP contribution in [0.4, 0.5) is 16.3 Å². The maximum Gasteiger partial charge on any atom is 0.410 e. The fourth-order valence-corrected chi connectivity index (χ4v) is 6.68. The van der Waals surface area contributed by atoms with Crippen LogP contribution in [0, 0.1) is 11.3 Å². The van der Waals surface area contributed by atoms with Crippen LogP contribution in [0.1, 0.15) is 23.2 Å². The molecule has 0 bridgehead atoms. The standard InChI is InChI=1S/C36H39N7O4/c37-15-13-29-21-42(18-19-43(29)36(44)47-23-26-7-2-1-3-8-26)34-31-14-17-41(33-12-6-10-27-9-4-5-11-30(27)33)22-32(31)39-35(40-34)46-25-28-24-45-20-16-38-28/h1-12,28-29,38H,13-14,16-25H2/t28-,29?/m1/s1. The van der Waals surface area contributed by atoms with Gasteiger partial charge < -0.3 is 34.2 Å². The third kappa shape index (κ3) is 6.94. The Bertz CT molecular complexity index is 1740. The van der Waals surface area contributed by atoms with E-state index in [0.717, 1.165) is 42.1 Å². The molecule has 3 aromatic carbocycles. The summed E-state index contributed by atoms with van der Waals surface area (Å²) in [6.45, 7) is 5.49. The van der Waals surface area contributed by atoms with E-state index in [2.05, 4.69) is 63.7 Å². The Balaban J connectivity index is 1.14. The summed E-state index contributed by atoms with van der Waals surface area (Å²) in [5, 5.41) is 15.6. The number of nitrogens with zero attached hydrogens (tertiary/aromatic N) is 6. The predicted octanol–water partition coefficient (Wildman–Crippen LogP) is 4.30. The Morgan fingerprint density at radius 2 is 1.85 bits per heavy atom. The van der Waals surface area contributed by atoms with Gasteiger partial charge in [-0.3, -0.25) is 0 Å². The maximum atomic E-state index is 13.2. The number of hydrogen-bond donors (Lipinski definition) is 1. The van der Waals surface area contributed by atoms with E-state index in [1.165, 1.54) is 16.5 Å². The first-order valence-electron chi connectivity index (χ1n) is 16.3. The second-order valence-electron chi connectivity index (χ2n) is 12.2. The highest BCUT2D eigenvalue weighted by Gasteiger charge is 2.35. The van der Waals surface area contributed by atoms with Gasteiger partial charge in [-0.2, -0.15) is 15.2 Å². The number of piperazine rings is 1. The van der Waals surface area contributed by atoms with Crippen molar-refractivity contribution in [1.29, 1.82) is 5.26 Å². The van der Waals surface area contributed by atoms with Crippen molar-refractivity contribution in [2.24, 2.45) is 0 Å². The van der Waals surface area contributed by atoms with Gasteiger partial charge in [0.1, 0.15) is 19.0 Å². The lowest BCUT2D eigenvalue weighted by Crippen LogP contribution is -2.55. The minimum Gasteiger partial charge on any atom is -0.462 e. The molecule has 0 spiro atoms. The Kier molecular flexibility index (Phi) is 9.31. The fraction of sp³-hybridized carbons (Fsp3) is 0.389. The van der Waals surface area contributed by atoms with Crippen LogP contribution in [0.5, 0.6) is 6.01 Å². The Labute approximate surface area is 274 Å². The van der Waals surface area contributed by atoms with Gasteiger partial charge in [-0.15, -0.1) is 0 Å². The average molecular weight is 634 g/mol. The van der Waals surface area contributed by atoms with Gasteiger partial charge in [-0.1, -0.05) is 66.7 Å². The number of carbonyl (C=O) groups is 1. The zero-order chi connectivity index (χ0) is 32.0. The average Bonchev–Trinajstić information content (AvgIpc) is 3.13. The molecular weight excluding hydrogens is 594 g/mol. The second-order valence-corrected chi connectivity index (χ2v) is 12.2. The third-order valence-corrected chi connectivity index (χ3v) is 9.09. The summed E-state index contributed by atoms with van der Waals surface area (Å²) in [5.41, 5.74) is 4.11. The maximum absolute atomic E-state index is 13.2. The van der Waals surface area contributed by atoms with E-state index in [9.17, 15) is 10.1 Å². The number of rotatable bonds is 8. The molecule has 4 aromatic rings. The molecule has 11 heteroatoms. The van der Waals surface area contributed by atoms with Crippen molar-refractivity contribution >= 4 is 28.4 Å². The highest BCUT2D eigenvalue weighted by molar-refractivity contribution is 5.94. The van der Waals surface area contributed by atoms with Crippen molar-refractivity contribution < 1.29 is 19.0 Å². The number of anilines is 2. The number of nitrogens with one attached hydrogen (secondary N) is 1. The predicted molar refractivity (Wildman–Crippen MR) is 178 cm³/mol. The third-order valence-electron chi connectivity index (χ3n) is 9.09. The summed E-state index contributed by atoms with van der Waals surface area (Å²) in [6, 6.07) is 26.8. The molecular formula is C36H39N7O4. The number of aromatic nitrogens is 2. The van der Waals surface area contributed by atoms with Crippen molar-refractivity contribution in [2.45, 2.75) is 38.1 Å². The lowest BCUT2D eigenvalue weighted by atomic mass is 10.0. The number of morpholine rings is 1. The number of nitriles is 1. The summed E-state index contributed by atoms with van der Waals surface area (Å²) in [6.07, 6.45) is 0.542. The monoisotopic (exact) mass is 633 g/mol. The molecule has 1 unspecified atom stereocenters. The molecule has 0 saturated carbocycles. The largest absolute Gasteiger partial charge is 0.462 e. The van der Waals surface area contributed by atoms with Crippen LogP contribution in [0.2, 0.25) is 0 Å². The SMILES string of the molecule is N#CCC1CN(c2nc(OC[C@H]3COCCN3)nc3c2CCN(c2cccc4ccccc24)C3)CCN1C(=O)OCc1ccccc1. The molecule has 0 aliphatic carbocycles. The van der Waals surface area contributed by atoms with Gasteiger partial charge in [-0.05, 0) is 23.4 Å². The van der Waals surface area contributed by atoms with Crippen LogP contribution >= 0.6 is 0 Å². The van der Waals surface area contributed by atoms with Crippen LogP contribution in [-0.2, 0) is 29.0 Å². The van der Waals surface area contributed by atoms with Crippen LogP contribution in [0.25, 0.3) is 10.8 Å². The van der Waals surface area contributed by atoms with E-state index in [1.807, 2.05) is 30.3 Å². The molecule has 242 valence electrons. The number of fused-ring (bicyclic) bond motifs is 2. The van der Waals surface area contributed by atoms with Crippen LogP contribution in [0.15, 0.2) is 72.8 Å². The van der Waals surface area contributed by atoms with Gasteiger partial charge in [-0.25, -0.2) is 4.79 Å². The Hall–Kier alpha value is -4.92. The number of amides is 1. The normalized spacial score (nSPS) is 19.6. The number of benzene rings is 3. The Morgan fingerprint density at radius 3 is 2.70 bits per heavy atom. The van der Waals surface area contributed by atoms with Crippen LogP contribution in [-0.4, -0.2) is 85.6 Å². The summed E-state index contributed by atoms with van der Waals surface area (Å²) < 4.78 is 17.5. The van der Waals surface area contributed by atoms with Gasteiger partial charge in [0.15, 0.2) is 0 Å². The van der Waals surface area contributed by atoms with Gasteiger partial charge in [0.05, 0.1) is 50.0 Å². The fourth-order valence-electron chi connectivity index (χ4n) is 6.68. The van der Waals surface area contributed by atoms with Gasteiger partial charge in [0.25, 0.3) is 0 Å². The van der Waals surface area contributed by atoms with Crippen molar-refractivity contribution in [3.63, 3.8) is 0 Å². The topological polar surface area (TPSA) is 116 Å². The Morgan fingerprint density at radius 1 is 1.00 bits per heavy atom. The summed E-state index contributed by atoms with van der Waals surface area (Å²) in [4.78, 5) is 29.4. The van der Waals surface area contributed by atoms with E-state index < -0.39 is 6.09 Å². The molecule has 2 saturated heterocycles. The molecule has 11 nitrogen and oxygen atoms in total. The summed E-state index contributed by atoms with van der Waals surface area (Å²) in [5.74, 6) is 0.815.